The summed E-state index contributed by atoms with van der Waals surface area (Å²) in [4.78, 5) is 12.1. The Morgan fingerprint density at radius 1 is 1.41 bits per heavy atom. The van der Waals surface area contributed by atoms with Gasteiger partial charge in [0.15, 0.2) is 0 Å². The molecular formula is C18H24N2O2. The predicted molar refractivity (Wildman–Crippen MR) is 87.9 cm³/mol. The molecule has 2 aromatic rings. The van der Waals surface area contributed by atoms with Gasteiger partial charge >= 0.3 is 0 Å². The van der Waals surface area contributed by atoms with E-state index < -0.39 is 0 Å². The van der Waals surface area contributed by atoms with E-state index in [-0.39, 0.29) is 11.9 Å². The molecule has 1 aliphatic heterocycles. The minimum Gasteiger partial charge on any atom is -0.379 e. The number of carbonyl (C=O) groups excluding carboxylic acids is 1. The van der Waals surface area contributed by atoms with E-state index in [0.717, 1.165) is 32.4 Å². The van der Waals surface area contributed by atoms with Crippen molar-refractivity contribution in [2.75, 3.05) is 13.2 Å². The van der Waals surface area contributed by atoms with Crippen LogP contribution < -0.4 is 5.32 Å². The van der Waals surface area contributed by atoms with Gasteiger partial charge in [0, 0.05) is 36.7 Å². The molecule has 1 atom stereocenters. The Bertz CT molecular complexity index is 642. The summed E-state index contributed by atoms with van der Waals surface area (Å²) in [7, 11) is 0. The van der Waals surface area contributed by atoms with Crippen LogP contribution in [0.25, 0.3) is 10.9 Å². The molecule has 1 aromatic heterocycles. The highest BCUT2D eigenvalue weighted by atomic mass is 16.5. The molecule has 1 unspecified atom stereocenters. The van der Waals surface area contributed by atoms with Gasteiger partial charge in [-0.3, -0.25) is 4.79 Å². The van der Waals surface area contributed by atoms with E-state index in [1.807, 2.05) is 0 Å². The van der Waals surface area contributed by atoms with Crippen molar-refractivity contribution in [3.8, 4) is 0 Å². The second kappa shape index (κ2) is 6.97. The summed E-state index contributed by atoms with van der Waals surface area (Å²) >= 11 is 0. The highest BCUT2D eigenvalue weighted by molar-refractivity contribution is 5.85. The Kier molecular flexibility index (Phi) is 4.78. The van der Waals surface area contributed by atoms with Crippen molar-refractivity contribution in [1.82, 2.24) is 9.88 Å². The fourth-order valence-corrected chi connectivity index (χ4v) is 3.19. The van der Waals surface area contributed by atoms with Gasteiger partial charge in [-0.1, -0.05) is 18.2 Å². The molecule has 3 rings (SSSR count). The average molecular weight is 300 g/mol. The van der Waals surface area contributed by atoms with Crippen molar-refractivity contribution < 1.29 is 9.53 Å². The van der Waals surface area contributed by atoms with E-state index in [1.54, 1.807) is 0 Å². The molecule has 0 radical (unpaired) electrons. The van der Waals surface area contributed by atoms with Gasteiger partial charge in [-0.25, -0.2) is 0 Å². The first-order valence-electron chi connectivity index (χ1n) is 8.21. The smallest absolute Gasteiger partial charge is 0.220 e. The van der Waals surface area contributed by atoms with Gasteiger partial charge in [-0.15, -0.1) is 0 Å². The fourth-order valence-electron chi connectivity index (χ4n) is 3.19. The lowest BCUT2D eigenvalue weighted by Crippen LogP contribution is -2.40. The summed E-state index contributed by atoms with van der Waals surface area (Å²) < 4.78 is 7.65. The van der Waals surface area contributed by atoms with Crippen molar-refractivity contribution in [1.29, 1.82) is 0 Å². The van der Waals surface area contributed by atoms with Gasteiger partial charge in [0.2, 0.25) is 5.91 Å². The number of nitrogens with zero attached hydrogens (tertiary/aromatic N) is 1. The number of aryl methyl sites for hydroxylation is 2. The van der Waals surface area contributed by atoms with Crippen molar-refractivity contribution in [3.05, 3.63) is 36.0 Å². The van der Waals surface area contributed by atoms with Crippen LogP contribution in [0.5, 0.6) is 0 Å². The topological polar surface area (TPSA) is 43.3 Å². The maximum absolute atomic E-state index is 12.1. The van der Waals surface area contributed by atoms with Crippen LogP contribution in [0.15, 0.2) is 30.5 Å². The first kappa shape index (κ1) is 15.1. The van der Waals surface area contributed by atoms with Crippen LogP contribution in [0.2, 0.25) is 0 Å². The van der Waals surface area contributed by atoms with Crippen LogP contribution in [-0.2, 0) is 22.5 Å². The number of rotatable bonds is 5. The molecule has 1 aromatic carbocycles. The number of fused-ring (bicyclic) bond motifs is 1. The van der Waals surface area contributed by atoms with Crippen LogP contribution in [0.4, 0.5) is 0 Å². The Morgan fingerprint density at radius 3 is 3.05 bits per heavy atom. The third kappa shape index (κ3) is 3.33. The molecule has 0 aliphatic carbocycles. The number of hydrogen-bond acceptors (Lipinski definition) is 2. The molecule has 1 saturated heterocycles. The largest absolute Gasteiger partial charge is 0.379 e. The van der Waals surface area contributed by atoms with Gasteiger partial charge in [0.1, 0.15) is 0 Å². The monoisotopic (exact) mass is 300 g/mol. The second-order valence-electron chi connectivity index (χ2n) is 5.94. The molecule has 0 spiro atoms. The summed E-state index contributed by atoms with van der Waals surface area (Å²) in [5.74, 6) is 0.129. The second-order valence-corrected chi connectivity index (χ2v) is 5.94. The molecule has 1 aliphatic rings. The van der Waals surface area contributed by atoms with Crippen molar-refractivity contribution in [3.63, 3.8) is 0 Å². The van der Waals surface area contributed by atoms with Gasteiger partial charge in [0.05, 0.1) is 12.6 Å². The van der Waals surface area contributed by atoms with E-state index in [9.17, 15) is 4.79 Å². The minimum atomic E-state index is 0.129. The molecule has 118 valence electrons. The third-order valence-electron chi connectivity index (χ3n) is 4.36. The molecular weight excluding hydrogens is 276 g/mol. The highest BCUT2D eigenvalue weighted by Gasteiger charge is 2.16. The molecule has 0 saturated carbocycles. The summed E-state index contributed by atoms with van der Waals surface area (Å²) in [6, 6.07) is 8.60. The molecule has 1 amide bonds. The number of ether oxygens (including phenoxy) is 1. The Hall–Kier alpha value is -1.81. The molecule has 0 bridgehead atoms. The van der Waals surface area contributed by atoms with Gasteiger partial charge in [0.25, 0.3) is 0 Å². The molecule has 1 N–H and O–H groups in total. The normalized spacial score (nSPS) is 18.5. The van der Waals surface area contributed by atoms with Gasteiger partial charge in [-0.05, 0) is 37.8 Å². The number of amides is 1. The number of benzene rings is 1. The van der Waals surface area contributed by atoms with E-state index in [0.29, 0.717) is 13.0 Å². The average Bonchev–Trinajstić information content (AvgIpc) is 2.92. The van der Waals surface area contributed by atoms with Gasteiger partial charge < -0.3 is 14.6 Å². The lowest BCUT2D eigenvalue weighted by molar-refractivity contribution is -0.122. The van der Waals surface area contributed by atoms with E-state index >= 15 is 0 Å². The zero-order chi connectivity index (χ0) is 15.4. The van der Waals surface area contributed by atoms with Gasteiger partial charge in [-0.2, -0.15) is 0 Å². The van der Waals surface area contributed by atoms with Crippen molar-refractivity contribution >= 4 is 16.8 Å². The summed E-state index contributed by atoms with van der Waals surface area (Å²) in [5, 5.41) is 4.35. The summed E-state index contributed by atoms with van der Waals surface area (Å²) in [5.41, 5.74) is 2.51. The zero-order valence-electron chi connectivity index (χ0n) is 13.2. The summed E-state index contributed by atoms with van der Waals surface area (Å²) in [6.45, 7) is 4.57. The van der Waals surface area contributed by atoms with Crippen LogP contribution in [-0.4, -0.2) is 29.7 Å². The Balaban J connectivity index is 1.62. The lowest BCUT2D eigenvalue weighted by Gasteiger charge is -2.23. The maximum atomic E-state index is 12.1. The van der Waals surface area contributed by atoms with Crippen molar-refractivity contribution in [2.24, 2.45) is 0 Å². The van der Waals surface area contributed by atoms with Crippen molar-refractivity contribution in [2.45, 2.75) is 45.2 Å². The SMILES string of the molecule is CCn1cc(CCC(=O)NC2CCCOC2)c2ccccc21. The quantitative estimate of drug-likeness (QED) is 0.922. The number of carbonyl (C=O) groups is 1. The number of aromatic nitrogens is 1. The Morgan fingerprint density at radius 2 is 2.27 bits per heavy atom. The lowest BCUT2D eigenvalue weighted by atomic mass is 10.1. The summed E-state index contributed by atoms with van der Waals surface area (Å²) in [6.07, 6.45) is 5.57. The van der Waals surface area contributed by atoms with Crippen LogP contribution in [0, 0.1) is 0 Å². The Labute approximate surface area is 131 Å². The first-order valence-corrected chi connectivity index (χ1v) is 8.21. The molecule has 4 heteroatoms. The molecule has 4 nitrogen and oxygen atoms in total. The van der Waals surface area contributed by atoms with E-state index in [4.69, 9.17) is 4.74 Å². The maximum Gasteiger partial charge on any atom is 0.220 e. The van der Waals surface area contributed by atoms with Crippen LogP contribution in [0.3, 0.4) is 0 Å². The third-order valence-corrected chi connectivity index (χ3v) is 4.36. The van der Waals surface area contributed by atoms with Crippen LogP contribution in [0.1, 0.15) is 31.7 Å². The first-order chi connectivity index (χ1) is 10.8. The zero-order valence-corrected chi connectivity index (χ0v) is 13.2. The molecule has 22 heavy (non-hydrogen) atoms. The van der Waals surface area contributed by atoms with E-state index in [2.05, 4.69) is 47.3 Å². The highest BCUT2D eigenvalue weighted by Crippen LogP contribution is 2.22. The molecule has 1 fully saturated rings. The number of para-hydroxylation sites is 1. The van der Waals surface area contributed by atoms with Crippen LogP contribution >= 0.6 is 0 Å². The number of nitrogens with one attached hydrogen (secondary N) is 1. The standard InChI is InChI=1S/C18H24N2O2/c1-2-20-12-14(16-7-3-4-8-17(16)20)9-10-18(21)19-15-6-5-11-22-13-15/h3-4,7-8,12,15H,2,5-6,9-11,13H2,1H3,(H,19,21). The fraction of sp³-hybridized carbons (Fsp3) is 0.500. The molecule has 2 heterocycles. The number of hydrogen-bond donors (Lipinski definition) is 1. The predicted octanol–water partition coefficient (Wildman–Crippen LogP) is 2.89. The van der Waals surface area contributed by atoms with E-state index in [1.165, 1.54) is 16.5 Å². The minimum absolute atomic E-state index is 0.129.